The van der Waals surface area contributed by atoms with Gasteiger partial charge in [0.2, 0.25) is 5.75 Å². The van der Waals surface area contributed by atoms with Crippen LogP contribution in [0.3, 0.4) is 0 Å². The van der Waals surface area contributed by atoms with Gasteiger partial charge in [-0.25, -0.2) is 0 Å². The van der Waals surface area contributed by atoms with Crippen LogP contribution in [0, 0.1) is 0 Å². The average Bonchev–Trinajstić information content (AvgIpc) is 2.51. The van der Waals surface area contributed by atoms with E-state index in [0.717, 1.165) is 38.3 Å². The molecule has 1 aliphatic rings. The molecule has 1 heterocycles. The lowest BCUT2D eigenvalue weighted by atomic mass is 10.1. The third kappa shape index (κ3) is 3.80. The Morgan fingerprint density at radius 1 is 1.05 bits per heavy atom. The van der Waals surface area contributed by atoms with Gasteiger partial charge in [0.05, 0.1) is 14.2 Å². The van der Waals surface area contributed by atoms with Crippen molar-refractivity contribution in [2.24, 2.45) is 0 Å². The monoisotopic (exact) mass is 294 g/mol. The first kappa shape index (κ1) is 15.9. The van der Waals surface area contributed by atoms with Gasteiger partial charge in [-0.3, -0.25) is 4.90 Å². The van der Waals surface area contributed by atoms with Crippen LogP contribution in [0.1, 0.15) is 18.9 Å². The fourth-order valence-electron chi connectivity index (χ4n) is 2.81. The molecule has 0 unspecified atom stereocenters. The third-order valence-corrected chi connectivity index (χ3v) is 4.00. The van der Waals surface area contributed by atoms with Gasteiger partial charge in [-0.1, -0.05) is 13.0 Å². The maximum absolute atomic E-state index is 10.3. The molecule has 0 aromatic heterocycles. The molecule has 0 spiro atoms. The topological polar surface area (TPSA) is 45.2 Å². The van der Waals surface area contributed by atoms with E-state index < -0.39 is 0 Å². The van der Waals surface area contributed by atoms with E-state index in [1.165, 1.54) is 13.0 Å². The van der Waals surface area contributed by atoms with E-state index in [0.29, 0.717) is 11.5 Å². The fraction of sp³-hybridized carbons (Fsp3) is 0.625. The number of aromatic hydroxyl groups is 1. The summed E-state index contributed by atoms with van der Waals surface area (Å²) in [5.74, 6) is 1.17. The number of rotatable bonds is 6. The zero-order valence-corrected chi connectivity index (χ0v) is 13.3. The Morgan fingerprint density at radius 3 is 2.29 bits per heavy atom. The molecule has 5 heteroatoms. The Hall–Kier alpha value is -1.46. The SMILES string of the molecule is CCCN1CCN(Cc2ccc(OC)c(OC)c2O)CC1. The van der Waals surface area contributed by atoms with Gasteiger partial charge in [-0.05, 0) is 19.0 Å². The summed E-state index contributed by atoms with van der Waals surface area (Å²) in [6.07, 6.45) is 1.20. The second-order valence-corrected chi connectivity index (χ2v) is 5.43. The van der Waals surface area contributed by atoms with Gasteiger partial charge in [0, 0.05) is 38.3 Å². The van der Waals surface area contributed by atoms with Gasteiger partial charge in [-0.2, -0.15) is 0 Å². The number of hydrogen-bond acceptors (Lipinski definition) is 5. The number of hydrogen-bond donors (Lipinski definition) is 1. The smallest absolute Gasteiger partial charge is 0.203 e. The van der Waals surface area contributed by atoms with E-state index in [1.807, 2.05) is 12.1 Å². The molecule has 118 valence electrons. The highest BCUT2D eigenvalue weighted by Gasteiger charge is 2.19. The first-order chi connectivity index (χ1) is 10.2. The average molecular weight is 294 g/mol. The number of benzene rings is 1. The van der Waals surface area contributed by atoms with Crippen LogP contribution in [-0.4, -0.2) is 61.8 Å². The molecule has 2 rings (SSSR count). The molecule has 1 N–H and O–H groups in total. The Kier molecular flexibility index (Phi) is 5.70. The van der Waals surface area contributed by atoms with Gasteiger partial charge >= 0.3 is 0 Å². The van der Waals surface area contributed by atoms with Crippen LogP contribution < -0.4 is 9.47 Å². The first-order valence-electron chi connectivity index (χ1n) is 7.57. The molecule has 0 bridgehead atoms. The number of nitrogens with zero attached hydrogens (tertiary/aromatic N) is 2. The molecule has 1 saturated heterocycles. The fourth-order valence-corrected chi connectivity index (χ4v) is 2.81. The molecule has 0 saturated carbocycles. The highest BCUT2D eigenvalue weighted by atomic mass is 16.5. The second-order valence-electron chi connectivity index (χ2n) is 5.43. The minimum absolute atomic E-state index is 0.188. The lowest BCUT2D eigenvalue weighted by Gasteiger charge is -2.34. The van der Waals surface area contributed by atoms with Gasteiger partial charge in [0.25, 0.3) is 0 Å². The predicted molar refractivity (Wildman–Crippen MR) is 83.2 cm³/mol. The van der Waals surface area contributed by atoms with Crippen LogP contribution in [0.2, 0.25) is 0 Å². The molecule has 1 aromatic rings. The quantitative estimate of drug-likeness (QED) is 0.868. The molecule has 5 nitrogen and oxygen atoms in total. The summed E-state index contributed by atoms with van der Waals surface area (Å²) < 4.78 is 10.4. The van der Waals surface area contributed by atoms with Crippen molar-refractivity contribution in [1.29, 1.82) is 0 Å². The maximum atomic E-state index is 10.3. The summed E-state index contributed by atoms with van der Waals surface area (Å²) >= 11 is 0. The molecular formula is C16H26N2O3. The highest BCUT2D eigenvalue weighted by Crippen LogP contribution is 2.39. The van der Waals surface area contributed by atoms with Crippen molar-refractivity contribution in [3.8, 4) is 17.2 Å². The Bertz CT molecular complexity index is 457. The van der Waals surface area contributed by atoms with Crippen molar-refractivity contribution in [3.05, 3.63) is 17.7 Å². The third-order valence-electron chi connectivity index (χ3n) is 4.00. The van der Waals surface area contributed by atoms with E-state index in [4.69, 9.17) is 9.47 Å². The summed E-state index contributed by atoms with van der Waals surface area (Å²) in [5, 5.41) is 10.3. The molecule has 0 aliphatic carbocycles. The van der Waals surface area contributed by atoms with Crippen LogP contribution in [0.4, 0.5) is 0 Å². The van der Waals surface area contributed by atoms with Crippen LogP contribution in [-0.2, 0) is 6.54 Å². The van der Waals surface area contributed by atoms with Gasteiger partial charge in [0.1, 0.15) is 0 Å². The summed E-state index contributed by atoms with van der Waals surface area (Å²) in [6.45, 7) is 8.40. The van der Waals surface area contributed by atoms with Crippen molar-refractivity contribution in [1.82, 2.24) is 9.80 Å². The minimum Gasteiger partial charge on any atom is -0.504 e. The van der Waals surface area contributed by atoms with Crippen LogP contribution in [0.15, 0.2) is 12.1 Å². The van der Waals surface area contributed by atoms with Crippen molar-refractivity contribution in [2.45, 2.75) is 19.9 Å². The van der Waals surface area contributed by atoms with E-state index in [1.54, 1.807) is 14.2 Å². The minimum atomic E-state index is 0.188. The van der Waals surface area contributed by atoms with Crippen LogP contribution in [0.25, 0.3) is 0 Å². The lowest BCUT2D eigenvalue weighted by Crippen LogP contribution is -2.45. The Labute approximate surface area is 127 Å². The molecule has 1 fully saturated rings. The molecule has 0 radical (unpaired) electrons. The van der Waals surface area contributed by atoms with Gasteiger partial charge < -0.3 is 19.5 Å². The highest BCUT2D eigenvalue weighted by molar-refractivity contribution is 5.54. The van der Waals surface area contributed by atoms with Crippen molar-refractivity contribution in [2.75, 3.05) is 46.9 Å². The second kappa shape index (κ2) is 7.52. The number of piperazine rings is 1. The van der Waals surface area contributed by atoms with E-state index in [-0.39, 0.29) is 5.75 Å². The summed E-state index contributed by atoms with van der Waals surface area (Å²) in [7, 11) is 3.12. The molecule has 1 aliphatic heterocycles. The molecular weight excluding hydrogens is 268 g/mol. The Balaban J connectivity index is 2.01. The zero-order valence-electron chi connectivity index (χ0n) is 13.3. The summed E-state index contributed by atoms with van der Waals surface area (Å²) in [4.78, 5) is 4.86. The van der Waals surface area contributed by atoms with Gasteiger partial charge in [0.15, 0.2) is 11.5 Å². The van der Waals surface area contributed by atoms with Crippen molar-refractivity contribution >= 4 is 0 Å². The predicted octanol–water partition coefficient (Wildman–Crippen LogP) is 1.94. The van der Waals surface area contributed by atoms with Crippen LogP contribution in [0.5, 0.6) is 17.2 Å². The van der Waals surface area contributed by atoms with Crippen LogP contribution >= 0.6 is 0 Å². The number of phenolic OH excluding ortho intramolecular Hbond substituents is 1. The molecule has 1 aromatic carbocycles. The largest absolute Gasteiger partial charge is 0.504 e. The molecule has 0 amide bonds. The summed E-state index contributed by atoms with van der Waals surface area (Å²) in [5.41, 5.74) is 0.886. The number of methoxy groups -OCH3 is 2. The zero-order chi connectivity index (χ0) is 15.2. The number of ether oxygens (including phenoxy) is 2. The van der Waals surface area contributed by atoms with Crippen molar-refractivity contribution in [3.63, 3.8) is 0 Å². The van der Waals surface area contributed by atoms with Crippen molar-refractivity contribution < 1.29 is 14.6 Å². The van der Waals surface area contributed by atoms with E-state index >= 15 is 0 Å². The maximum Gasteiger partial charge on any atom is 0.203 e. The van der Waals surface area contributed by atoms with E-state index in [9.17, 15) is 5.11 Å². The number of phenols is 1. The molecule has 0 atom stereocenters. The standard InChI is InChI=1S/C16H26N2O3/c1-4-7-17-8-10-18(11-9-17)12-13-5-6-14(20-2)16(21-3)15(13)19/h5-6,19H,4,7-12H2,1-3H3. The normalized spacial score (nSPS) is 16.9. The molecule has 21 heavy (non-hydrogen) atoms. The first-order valence-corrected chi connectivity index (χ1v) is 7.57. The van der Waals surface area contributed by atoms with Gasteiger partial charge in [-0.15, -0.1) is 0 Å². The Morgan fingerprint density at radius 2 is 1.71 bits per heavy atom. The van der Waals surface area contributed by atoms with E-state index in [2.05, 4.69) is 16.7 Å². The summed E-state index contributed by atoms with van der Waals surface area (Å²) in [6, 6.07) is 3.76. The lowest BCUT2D eigenvalue weighted by molar-refractivity contribution is 0.126.